The van der Waals surface area contributed by atoms with Gasteiger partial charge in [0.1, 0.15) is 12.0 Å². The Hall–Kier alpha value is -1.93. The van der Waals surface area contributed by atoms with Crippen molar-refractivity contribution in [2.24, 2.45) is 5.73 Å². The Bertz CT molecular complexity index is 631. The lowest BCUT2D eigenvalue weighted by Gasteiger charge is -2.28. The molecule has 0 heterocycles. The Morgan fingerprint density at radius 1 is 1.17 bits per heavy atom. The van der Waals surface area contributed by atoms with E-state index in [2.05, 4.69) is 10.0 Å². The maximum Gasteiger partial charge on any atom is 0.239 e. The molecule has 1 rings (SSSR count). The van der Waals surface area contributed by atoms with Gasteiger partial charge in [-0.25, -0.2) is 0 Å². The summed E-state index contributed by atoms with van der Waals surface area (Å²) in [5, 5.41) is 11.7. The minimum absolute atomic E-state index is 0.192. The minimum atomic E-state index is -2.91. The van der Waals surface area contributed by atoms with E-state index in [0.29, 0.717) is 5.69 Å². The summed E-state index contributed by atoms with van der Waals surface area (Å²) in [5.74, 6) is -1.78. The number of thiol groups is 1. The molecule has 0 bridgehead atoms. The lowest BCUT2D eigenvalue weighted by Crippen LogP contribution is -2.43. The van der Waals surface area contributed by atoms with Gasteiger partial charge >= 0.3 is 0 Å². The molecule has 0 saturated heterocycles. The first-order valence-corrected chi connectivity index (χ1v) is 9.74. The number of benzene rings is 1. The first-order valence-electron chi connectivity index (χ1n) is 7.78. The zero-order valence-corrected chi connectivity index (χ0v) is 15.3. The molecule has 0 aliphatic rings. The number of rotatable bonds is 8. The number of primary amides is 1. The maximum atomic E-state index is 12.5. The van der Waals surface area contributed by atoms with Crippen molar-refractivity contribution in [3.05, 3.63) is 29.8 Å². The lowest BCUT2D eigenvalue weighted by atomic mass is 10.00. The van der Waals surface area contributed by atoms with Crippen LogP contribution in [0.1, 0.15) is 39.2 Å². The fourth-order valence-corrected chi connectivity index (χ4v) is 3.20. The molecule has 7 nitrogen and oxygen atoms in total. The highest BCUT2D eigenvalue weighted by atomic mass is 32.3. The molecular weight excluding hydrogens is 330 g/mol. The van der Waals surface area contributed by atoms with E-state index in [4.69, 9.17) is 5.73 Å². The van der Waals surface area contributed by atoms with E-state index in [0.717, 1.165) is 5.56 Å². The van der Waals surface area contributed by atoms with Crippen LogP contribution in [0.2, 0.25) is 0 Å². The second-order valence-corrected chi connectivity index (χ2v) is 9.25. The Labute approximate surface area is 143 Å². The highest BCUT2D eigenvalue weighted by molar-refractivity contribution is 8.04. The molecule has 0 radical (unpaired) electrons. The van der Waals surface area contributed by atoms with Crippen LogP contribution in [0.5, 0.6) is 0 Å². The molecule has 2 atom stereocenters. The lowest BCUT2D eigenvalue weighted by molar-refractivity contribution is -0.127. The molecule has 0 spiro atoms. The highest BCUT2D eigenvalue weighted by Gasteiger charge is 2.21. The van der Waals surface area contributed by atoms with E-state index < -0.39 is 33.9 Å². The van der Waals surface area contributed by atoms with Crippen molar-refractivity contribution in [3.63, 3.8) is 0 Å². The number of aliphatic hydroxyl groups excluding tert-OH is 1. The number of nitrogens with one attached hydrogen (secondary N) is 2. The smallest absolute Gasteiger partial charge is 0.239 e. The Balaban J connectivity index is 2.82. The van der Waals surface area contributed by atoms with E-state index in [1.54, 1.807) is 45.0 Å². The van der Waals surface area contributed by atoms with Crippen LogP contribution >= 0.6 is 0 Å². The molecule has 0 aromatic heterocycles. The van der Waals surface area contributed by atoms with Gasteiger partial charge in [0, 0.05) is 10.9 Å². The molecule has 0 saturated carbocycles. The SMILES string of the molecule is CC(C)[SH](=O)(CO)Nc1ccc([C@@H](C)C(=O)N[C@@H](C)C(N)=O)cc1. The van der Waals surface area contributed by atoms with Crippen LogP contribution in [0.15, 0.2) is 24.3 Å². The van der Waals surface area contributed by atoms with Gasteiger partial charge in [-0.1, -0.05) is 26.0 Å². The van der Waals surface area contributed by atoms with Gasteiger partial charge in [0.05, 0.1) is 5.92 Å². The van der Waals surface area contributed by atoms with Gasteiger partial charge in [-0.2, -0.15) is 0 Å². The third-order valence-corrected chi connectivity index (χ3v) is 6.68. The second-order valence-electron chi connectivity index (χ2n) is 6.12. The topological polar surface area (TPSA) is 122 Å². The third-order valence-electron chi connectivity index (χ3n) is 3.95. The number of hydrogen-bond donors (Lipinski definition) is 5. The average Bonchev–Trinajstić information content (AvgIpc) is 2.54. The maximum absolute atomic E-state index is 12.5. The van der Waals surface area contributed by atoms with Gasteiger partial charge in [0.2, 0.25) is 11.8 Å². The highest BCUT2D eigenvalue weighted by Crippen LogP contribution is 2.21. The van der Waals surface area contributed by atoms with Gasteiger partial charge in [-0.15, -0.1) is 0 Å². The van der Waals surface area contributed by atoms with Crippen LogP contribution in [-0.4, -0.2) is 38.4 Å². The summed E-state index contributed by atoms with van der Waals surface area (Å²) < 4.78 is 15.4. The van der Waals surface area contributed by atoms with E-state index in [1.807, 2.05) is 0 Å². The number of carbonyl (C=O) groups excluding carboxylic acids is 2. The molecule has 24 heavy (non-hydrogen) atoms. The normalized spacial score (nSPS) is 14.8. The number of nitrogens with two attached hydrogens (primary N) is 1. The van der Waals surface area contributed by atoms with Crippen molar-refractivity contribution in [1.29, 1.82) is 0 Å². The van der Waals surface area contributed by atoms with Crippen LogP contribution in [0.4, 0.5) is 5.69 Å². The summed E-state index contributed by atoms with van der Waals surface area (Å²) in [4.78, 5) is 23.1. The van der Waals surface area contributed by atoms with Crippen LogP contribution < -0.4 is 15.8 Å². The monoisotopic (exact) mass is 357 g/mol. The predicted molar refractivity (Wildman–Crippen MR) is 97.0 cm³/mol. The van der Waals surface area contributed by atoms with Crippen molar-refractivity contribution < 1.29 is 18.9 Å². The number of anilines is 1. The largest absolute Gasteiger partial charge is 0.383 e. The van der Waals surface area contributed by atoms with E-state index in [9.17, 15) is 18.9 Å². The van der Waals surface area contributed by atoms with Crippen molar-refractivity contribution in [1.82, 2.24) is 5.32 Å². The number of aliphatic hydroxyl groups is 1. The van der Waals surface area contributed by atoms with Crippen LogP contribution in [0, 0.1) is 0 Å². The quantitative estimate of drug-likeness (QED) is 0.434. The van der Waals surface area contributed by atoms with Crippen LogP contribution in [-0.2, 0) is 19.7 Å². The zero-order valence-electron chi connectivity index (χ0n) is 14.4. The Morgan fingerprint density at radius 2 is 1.71 bits per heavy atom. The summed E-state index contributed by atoms with van der Waals surface area (Å²) in [6, 6.07) is 6.16. The zero-order chi connectivity index (χ0) is 18.5. The summed E-state index contributed by atoms with van der Waals surface area (Å²) >= 11 is 0. The van der Waals surface area contributed by atoms with Gasteiger partial charge in [-0.3, -0.25) is 13.8 Å². The minimum Gasteiger partial charge on any atom is -0.383 e. The van der Waals surface area contributed by atoms with Crippen molar-refractivity contribution in [2.45, 2.75) is 44.9 Å². The molecule has 5 N–H and O–H groups in total. The van der Waals surface area contributed by atoms with Gasteiger partial charge < -0.3 is 20.9 Å². The van der Waals surface area contributed by atoms with Gasteiger partial charge in [0.25, 0.3) is 0 Å². The first kappa shape index (κ1) is 20.1. The van der Waals surface area contributed by atoms with Gasteiger partial charge in [0.15, 0.2) is 0 Å². The summed E-state index contributed by atoms with van der Waals surface area (Å²) in [6.07, 6.45) is 0. The summed E-state index contributed by atoms with van der Waals surface area (Å²) in [7, 11) is -2.91. The summed E-state index contributed by atoms with van der Waals surface area (Å²) in [5.41, 5.74) is 6.49. The molecular formula is C16H27N3O4S. The Kier molecular flexibility index (Phi) is 6.92. The molecule has 0 fully saturated rings. The molecule has 1 aromatic rings. The average molecular weight is 357 g/mol. The number of carbonyl (C=O) groups is 2. The molecule has 136 valence electrons. The van der Waals surface area contributed by atoms with Crippen LogP contribution in [0.25, 0.3) is 0 Å². The van der Waals surface area contributed by atoms with Crippen molar-refractivity contribution in [2.75, 3.05) is 10.7 Å². The third kappa shape index (κ3) is 5.04. The Morgan fingerprint density at radius 3 is 2.12 bits per heavy atom. The number of amides is 2. The fourth-order valence-electron chi connectivity index (χ4n) is 1.95. The number of hydrogen-bond acceptors (Lipinski definition) is 4. The molecule has 0 unspecified atom stereocenters. The molecule has 0 aliphatic carbocycles. The summed E-state index contributed by atoms with van der Waals surface area (Å²) in [6.45, 7) is 6.81. The standard InChI is InChI=1S/C16H27N3O4S/c1-10(2)24(23,9-20)19-14-7-5-13(6-8-14)11(3)16(22)18-12(4)15(17)21/h5-8,10-12,20,24H,9H2,1-4H3,(H2,17,21)(H,18,22)(H,19,23)/t11-,12+/m1/s1. The fraction of sp³-hybridized carbons (Fsp3) is 0.500. The van der Waals surface area contributed by atoms with E-state index in [-0.39, 0.29) is 11.2 Å². The molecule has 0 aliphatic heterocycles. The predicted octanol–water partition coefficient (Wildman–Crippen LogP) is 0.482. The van der Waals surface area contributed by atoms with Crippen molar-refractivity contribution >= 4 is 27.6 Å². The van der Waals surface area contributed by atoms with E-state index >= 15 is 0 Å². The second kappa shape index (κ2) is 8.25. The van der Waals surface area contributed by atoms with Crippen molar-refractivity contribution in [3.8, 4) is 0 Å². The van der Waals surface area contributed by atoms with Gasteiger partial charge in [-0.05, 0) is 41.7 Å². The molecule has 8 heteroatoms. The van der Waals surface area contributed by atoms with Crippen LogP contribution in [0.3, 0.4) is 0 Å². The molecule has 1 aromatic carbocycles. The van der Waals surface area contributed by atoms with E-state index in [1.165, 1.54) is 6.92 Å². The first-order chi connectivity index (χ1) is 11.1. The molecule has 2 amide bonds.